The van der Waals surface area contributed by atoms with Crippen molar-refractivity contribution in [3.8, 4) is 0 Å². The molecule has 0 aliphatic heterocycles. The quantitative estimate of drug-likeness (QED) is 0.283. The van der Waals surface area contributed by atoms with Crippen molar-refractivity contribution in [2.75, 3.05) is 33.1 Å². The number of rotatable bonds is 9. The van der Waals surface area contributed by atoms with Gasteiger partial charge in [0.15, 0.2) is 5.78 Å². The van der Waals surface area contributed by atoms with Crippen LogP contribution in [-0.2, 0) is 19.6 Å². The molecule has 236 valence electrons. The lowest BCUT2D eigenvalue weighted by atomic mass is 9.32. The molecular formula is C34H53NO6S. The van der Waals surface area contributed by atoms with Gasteiger partial charge in [-0.25, -0.2) is 8.42 Å². The Balaban J connectivity index is 1.43. The lowest BCUT2D eigenvalue weighted by molar-refractivity contribution is -0.177. The minimum Gasteiger partial charge on any atom is -0.393 e. The van der Waals surface area contributed by atoms with Gasteiger partial charge in [-0.3, -0.25) is 4.79 Å². The van der Waals surface area contributed by atoms with Crippen LogP contribution in [0.25, 0.3) is 0 Å². The van der Waals surface area contributed by atoms with Gasteiger partial charge in [-0.1, -0.05) is 51.3 Å². The van der Waals surface area contributed by atoms with Gasteiger partial charge in [-0.2, -0.15) is 4.31 Å². The van der Waals surface area contributed by atoms with Crippen LogP contribution < -0.4 is 0 Å². The first kappa shape index (κ1) is 30.9. The number of aliphatic hydroxyl groups is 2. The summed E-state index contributed by atoms with van der Waals surface area (Å²) in [4.78, 5) is 14.6. The van der Waals surface area contributed by atoms with E-state index in [-0.39, 0.29) is 41.2 Å². The molecule has 7 aliphatic carbocycles. The Morgan fingerprint density at radius 2 is 1.67 bits per heavy atom. The van der Waals surface area contributed by atoms with E-state index in [9.17, 15) is 23.4 Å². The first-order valence-electron chi connectivity index (χ1n) is 16.6. The summed E-state index contributed by atoms with van der Waals surface area (Å²) in [6, 6.07) is 0. The highest BCUT2D eigenvalue weighted by molar-refractivity contribution is 7.88. The van der Waals surface area contributed by atoms with E-state index in [2.05, 4.69) is 32.1 Å². The second kappa shape index (κ2) is 10.5. The third kappa shape index (κ3) is 4.32. The number of sulfonamides is 1. The molecule has 7 nitrogen and oxygen atoms in total. The summed E-state index contributed by atoms with van der Waals surface area (Å²) in [7, 11) is -1.91. The molecule has 7 rings (SSSR count). The zero-order chi connectivity index (χ0) is 30.2. The maximum absolute atomic E-state index is 14.6. The molecule has 4 fully saturated rings. The average molecular weight is 604 g/mol. The van der Waals surface area contributed by atoms with E-state index in [1.54, 1.807) is 7.11 Å². The summed E-state index contributed by atoms with van der Waals surface area (Å²) in [6.45, 7) is 5.45. The molecule has 8 unspecified atom stereocenters. The Bertz CT molecular complexity index is 1260. The van der Waals surface area contributed by atoms with Gasteiger partial charge in [-0.15, -0.1) is 0 Å². The van der Waals surface area contributed by atoms with Crippen molar-refractivity contribution in [3.05, 3.63) is 23.8 Å². The lowest BCUT2D eigenvalue weighted by Gasteiger charge is -2.71. The Labute approximate surface area is 253 Å². The summed E-state index contributed by atoms with van der Waals surface area (Å²) in [5, 5.41) is 23.4. The minimum atomic E-state index is -3.53. The highest BCUT2D eigenvalue weighted by Crippen LogP contribution is 2.78. The van der Waals surface area contributed by atoms with E-state index >= 15 is 0 Å². The van der Waals surface area contributed by atoms with Gasteiger partial charge < -0.3 is 14.9 Å². The zero-order valence-electron chi connectivity index (χ0n) is 26.2. The molecule has 2 bridgehead atoms. The molecule has 0 saturated heterocycles. The number of hydrogen-bond donors (Lipinski definition) is 2. The van der Waals surface area contributed by atoms with E-state index < -0.39 is 26.5 Å². The van der Waals surface area contributed by atoms with Gasteiger partial charge in [0, 0.05) is 54.5 Å². The topological polar surface area (TPSA) is 104 Å². The summed E-state index contributed by atoms with van der Waals surface area (Å²) in [6.07, 6.45) is 19.2. The van der Waals surface area contributed by atoms with Crippen LogP contribution in [0.4, 0.5) is 0 Å². The highest BCUT2D eigenvalue weighted by Gasteiger charge is 2.74. The van der Waals surface area contributed by atoms with Gasteiger partial charge in [0.2, 0.25) is 10.0 Å². The number of carbonyl (C=O) groups is 1. The summed E-state index contributed by atoms with van der Waals surface area (Å²) in [5.74, 6) is 0.677. The molecule has 2 N–H and O–H groups in total. The Kier molecular flexibility index (Phi) is 7.74. The predicted octanol–water partition coefficient (Wildman–Crippen LogP) is 5.03. The van der Waals surface area contributed by atoms with Gasteiger partial charge in [0.1, 0.15) is 0 Å². The summed E-state index contributed by atoms with van der Waals surface area (Å²) in [5.41, 5.74) is -1.58. The zero-order valence-corrected chi connectivity index (χ0v) is 27.1. The van der Waals surface area contributed by atoms with Crippen molar-refractivity contribution in [3.63, 3.8) is 0 Å². The molecule has 7 aliphatic rings. The van der Waals surface area contributed by atoms with Crippen LogP contribution in [0.5, 0.6) is 0 Å². The van der Waals surface area contributed by atoms with Gasteiger partial charge in [-0.05, 0) is 81.5 Å². The third-order valence-electron chi connectivity index (χ3n) is 13.6. The van der Waals surface area contributed by atoms with E-state index in [1.807, 2.05) is 0 Å². The highest BCUT2D eigenvalue weighted by atomic mass is 32.2. The Morgan fingerprint density at radius 3 is 2.36 bits per heavy atom. The fourth-order valence-electron chi connectivity index (χ4n) is 11.2. The smallest absolute Gasteiger partial charge is 0.211 e. The Morgan fingerprint density at radius 1 is 1.00 bits per heavy atom. The summed E-state index contributed by atoms with van der Waals surface area (Å²) < 4.78 is 32.5. The van der Waals surface area contributed by atoms with Crippen LogP contribution in [0.1, 0.15) is 97.3 Å². The maximum Gasteiger partial charge on any atom is 0.211 e. The normalized spacial score (nSPS) is 44.9. The number of ether oxygens (including phenoxy) is 1. The fourth-order valence-corrected chi connectivity index (χ4v) is 12.2. The molecule has 0 aromatic heterocycles. The SMILES string of the molecule is COCCCN(CC1(O)CCC2C34C=CC5(C=C3C(=O)C3CCCCC3)CC(O)CCC5(C)C4CCC21C)S(C)(=O)=O. The molecule has 0 aromatic rings. The number of allylic oxidation sites excluding steroid dienone is 4. The van der Waals surface area contributed by atoms with Gasteiger partial charge in [0.25, 0.3) is 0 Å². The van der Waals surface area contributed by atoms with Crippen molar-refractivity contribution >= 4 is 15.8 Å². The lowest BCUT2D eigenvalue weighted by Crippen LogP contribution is -2.67. The molecule has 42 heavy (non-hydrogen) atoms. The van der Waals surface area contributed by atoms with Crippen LogP contribution >= 0.6 is 0 Å². The Hall–Kier alpha value is -1.06. The second-order valence-electron chi connectivity index (χ2n) is 15.5. The van der Waals surface area contributed by atoms with E-state index in [0.717, 1.165) is 63.4 Å². The van der Waals surface area contributed by atoms with Crippen LogP contribution in [0.2, 0.25) is 0 Å². The fraction of sp³-hybridized carbons (Fsp3) is 0.853. The van der Waals surface area contributed by atoms with Crippen LogP contribution in [0.15, 0.2) is 23.8 Å². The number of Topliss-reactive ketones (excluding diaryl/α,β-unsaturated/α-hetero) is 1. The largest absolute Gasteiger partial charge is 0.393 e. The van der Waals surface area contributed by atoms with E-state index in [0.29, 0.717) is 38.2 Å². The molecule has 0 heterocycles. The molecular weight excluding hydrogens is 550 g/mol. The van der Waals surface area contributed by atoms with Crippen molar-refractivity contribution in [1.29, 1.82) is 0 Å². The number of aliphatic hydroxyl groups excluding tert-OH is 1. The molecule has 0 aromatic carbocycles. The van der Waals surface area contributed by atoms with Crippen LogP contribution in [-0.4, -0.2) is 73.5 Å². The van der Waals surface area contributed by atoms with E-state index in [4.69, 9.17) is 4.74 Å². The second-order valence-corrected chi connectivity index (χ2v) is 17.4. The molecule has 8 atom stereocenters. The van der Waals surface area contributed by atoms with Gasteiger partial charge in [0.05, 0.1) is 18.0 Å². The number of nitrogens with zero attached hydrogens (tertiary/aromatic N) is 1. The van der Waals surface area contributed by atoms with Crippen molar-refractivity contribution < 1.29 is 28.2 Å². The maximum atomic E-state index is 14.6. The summed E-state index contributed by atoms with van der Waals surface area (Å²) >= 11 is 0. The first-order chi connectivity index (χ1) is 19.8. The third-order valence-corrected chi connectivity index (χ3v) is 14.9. The number of methoxy groups -OCH3 is 1. The van der Waals surface area contributed by atoms with Crippen LogP contribution in [0, 0.1) is 39.4 Å². The minimum absolute atomic E-state index is 0.0474. The molecule has 4 saturated carbocycles. The van der Waals surface area contributed by atoms with E-state index in [1.165, 1.54) is 17.0 Å². The van der Waals surface area contributed by atoms with Crippen molar-refractivity contribution in [2.24, 2.45) is 39.4 Å². The average Bonchev–Trinajstić information content (AvgIpc) is 3.22. The number of fused-ring (bicyclic) bond motifs is 1. The standard InChI is InChI=1S/C34H53NO6S/c1-30-14-11-25(36)21-32(30)17-18-34(26(22-32)29(37)24-9-6-5-7-10-24)27(30)12-15-31(2)28(34)13-16-33(31,38)23-35(42(4,39)40)19-8-20-41-3/h17-18,22,24-25,27-28,36,38H,5-16,19-21,23H2,1-4H3. The number of ketones is 1. The molecule has 8 heteroatoms. The van der Waals surface area contributed by atoms with Crippen molar-refractivity contribution in [1.82, 2.24) is 4.31 Å². The number of hydrogen-bond acceptors (Lipinski definition) is 6. The molecule has 2 spiro atoms. The monoisotopic (exact) mass is 603 g/mol. The molecule has 0 amide bonds. The van der Waals surface area contributed by atoms with Crippen molar-refractivity contribution in [2.45, 2.75) is 109 Å². The predicted molar refractivity (Wildman–Crippen MR) is 163 cm³/mol. The molecule has 0 radical (unpaired) electrons. The van der Waals surface area contributed by atoms with Crippen LogP contribution in [0.3, 0.4) is 0 Å². The number of carbonyl (C=O) groups excluding carboxylic acids is 1. The van der Waals surface area contributed by atoms with Gasteiger partial charge >= 0.3 is 0 Å². The first-order valence-corrected chi connectivity index (χ1v) is 18.4.